The van der Waals surface area contributed by atoms with Crippen LogP contribution in [0.5, 0.6) is 0 Å². The van der Waals surface area contributed by atoms with Crippen molar-refractivity contribution in [3.8, 4) is 0 Å². The molecule has 2 aromatic carbocycles. The summed E-state index contributed by atoms with van der Waals surface area (Å²) in [6.07, 6.45) is 0. The number of hydrogen-bond acceptors (Lipinski definition) is 4. The Morgan fingerprint density at radius 3 is 2.27 bits per heavy atom. The van der Waals surface area contributed by atoms with Crippen molar-refractivity contribution >= 4 is 27.3 Å². The van der Waals surface area contributed by atoms with E-state index in [0.29, 0.717) is 22.5 Å². The Morgan fingerprint density at radius 1 is 1.04 bits per heavy atom. The van der Waals surface area contributed by atoms with Crippen LogP contribution in [0, 0.1) is 19.7 Å². The summed E-state index contributed by atoms with van der Waals surface area (Å²) in [5.41, 5.74) is 1.97. The van der Waals surface area contributed by atoms with Crippen LogP contribution in [-0.4, -0.2) is 39.3 Å². The SMILES string of the molecule is Cc1ccc(NC(=O)CNc2ccc(C)c(S(=O)(=O)N(C)C)c2)cc1F. The van der Waals surface area contributed by atoms with Gasteiger partial charge in [-0.2, -0.15) is 0 Å². The van der Waals surface area contributed by atoms with Crippen LogP contribution < -0.4 is 10.6 Å². The minimum atomic E-state index is -3.57. The number of rotatable bonds is 6. The first-order valence-corrected chi connectivity index (χ1v) is 9.38. The number of hydrogen-bond donors (Lipinski definition) is 2. The number of halogens is 1. The maximum absolute atomic E-state index is 13.5. The number of amides is 1. The highest BCUT2D eigenvalue weighted by molar-refractivity contribution is 7.89. The normalized spacial score (nSPS) is 11.5. The molecule has 2 aromatic rings. The van der Waals surface area contributed by atoms with E-state index in [2.05, 4.69) is 10.6 Å². The second kappa shape index (κ2) is 7.84. The molecule has 0 heterocycles. The first kappa shape index (κ1) is 19.9. The molecule has 0 saturated carbocycles. The van der Waals surface area contributed by atoms with E-state index in [1.807, 2.05) is 0 Å². The molecule has 0 aromatic heterocycles. The number of nitrogens with one attached hydrogen (secondary N) is 2. The van der Waals surface area contributed by atoms with E-state index in [1.54, 1.807) is 38.1 Å². The van der Waals surface area contributed by atoms with Gasteiger partial charge in [0, 0.05) is 25.5 Å². The molecule has 140 valence electrons. The first-order valence-electron chi connectivity index (χ1n) is 7.94. The second-order valence-corrected chi connectivity index (χ2v) is 8.25. The van der Waals surface area contributed by atoms with Crippen molar-refractivity contribution in [3.05, 3.63) is 53.3 Å². The van der Waals surface area contributed by atoms with Crippen LogP contribution in [-0.2, 0) is 14.8 Å². The van der Waals surface area contributed by atoms with Crippen molar-refractivity contribution in [2.24, 2.45) is 0 Å². The quantitative estimate of drug-likeness (QED) is 0.809. The summed E-state index contributed by atoms with van der Waals surface area (Å²) in [7, 11) is -0.652. The van der Waals surface area contributed by atoms with Crippen LogP contribution >= 0.6 is 0 Å². The van der Waals surface area contributed by atoms with Crippen molar-refractivity contribution < 1.29 is 17.6 Å². The van der Waals surface area contributed by atoms with Crippen molar-refractivity contribution in [2.45, 2.75) is 18.7 Å². The molecule has 0 atom stereocenters. The van der Waals surface area contributed by atoms with E-state index < -0.39 is 15.8 Å². The average molecular weight is 379 g/mol. The Labute approximate surface area is 153 Å². The van der Waals surface area contributed by atoms with Gasteiger partial charge in [0.05, 0.1) is 11.4 Å². The van der Waals surface area contributed by atoms with Gasteiger partial charge in [-0.05, 0) is 49.2 Å². The van der Waals surface area contributed by atoms with Crippen LogP contribution in [0.4, 0.5) is 15.8 Å². The second-order valence-electron chi connectivity index (χ2n) is 6.13. The van der Waals surface area contributed by atoms with Gasteiger partial charge in [0.15, 0.2) is 0 Å². The molecule has 26 heavy (non-hydrogen) atoms. The number of carbonyl (C=O) groups is 1. The molecule has 2 N–H and O–H groups in total. The predicted molar refractivity (Wildman–Crippen MR) is 100 cm³/mol. The van der Waals surface area contributed by atoms with E-state index in [1.165, 1.54) is 26.2 Å². The summed E-state index contributed by atoms with van der Waals surface area (Å²) in [4.78, 5) is 12.2. The van der Waals surface area contributed by atoms with Crippen LogP contribution in [0.2, 0.25) is 0 Å². The van der Waals surface area contributed by atoms with Crippen molar-refractivity contribution in [1.29, 1.82) is 0 Å². The molecule has 2 rings (SSSR count). The molecule has 0 aliphatic rings. The minimum absolute atomic E-state index is 0.0833. The fourth-order valence-corrected chi connectivity index (χ4v) is 3.39. The molecule has 0 aliphatic heterocycles. The molecular formula is C18H22FN3O3S. The monoisotopic (exact) mass is 379 g/mol. The predicted octanol–water partition coefficient (Wildman–Crippen LogP) is 2.74. The van der Waals surface area contributed by atoms with E-state index >= 15 is 0 Å². The zero-order valence-electron chi connectivity index (χ0n) is 15.1. The van der Waals surface area contributed by atoms with Gasteiger partial charge in [0.1, 0.15) is 5.82 Å². The minimum Gasteiger partial charge on any atom is -0.376 e. The molecule has 0 fully saturated rings. The summed E-state index contributed by atoms with van der Waals surface area (Å²) < 4.78 is 39.3. The summed E-state index contributed by atoms with van der Waals surface area (Å²) in [5.74, 6) is -0.765. The molecular weight excluding hydrogens is 357 g/mol. The summed E-state index contributed by atoms with van der Waals surface area (Å²) >= 11 is 0. The molecule has 0 bridgehead atoms. The summed E-state index contributed by atoms with van der Waals surface area (Å²) in [5, 5.41) is 5.47. The van der Waals surface area contributed by atoms with Gasteiger partial charge >= 0.3 is 0 Å². The van der Waals surface area contributed by atoms with Crippen LogP contribution in [0.15, 0.2) is 41.3 Å². The van der Waals surface area contributed by atoms with E-state index in [-0.39, 0.29) is 17.3 Å². The Balaban J connectivity index is 2.07. The highest BCUT2D eigenvalue weighted by Crippen LogP contribution is 2.22. The molecule has 0 aliphatic carbocycles. The lowest BCUT2D eigenvalue weighted by atomic mass is 10.2. The van der Waals surface area contributed by atoms with Crippen LogP contribution in [0.25, 0.3) is 0 Å². The first-order chi connectivity index (χ1) is 12.1. The standard InChI is InChI=1S/C18H22FN3O3S/c1-12-5-8-15(9-16(12)19)21-18(23)11-20-14-7-6-13(2)17(10-14)26(24,25)22(3)4/h5-10,20H,11H2,1-4H3,(H,21,23). The van der Waals surface area contributed by atoms with Gasteiger partial charge in [-0.25, -0.2) is 17.1 Å². The molecule has 0 radical (unpaired) electrons. The van der Waals surface area contributed by atoms with Crippen LogP contribution in [0.3, 0.4) is 0 Å². The third kappa shape index (κ3) is 4.59. The number of anilines is 2. The molecule has 8 heteroatoms. The number of nitrogens with zero attached hydrogens (tertiary/aromatic N) is 1. The molecule has 0 saturated heterocycles. The fraction of sp³-hybridized carbons (Fsp3) is 0.278. The maximum Gasteiger partial charge on any atom is 0.243 e. The molecule has 0 spiro atoms. The topological polar surface area (TPSA) is 78.5 Å². The van der Waals surface area contributed by atoms with Gasteiger partial charge in [-0.1, -0.05) is 12.1 Å². The van der Waals surface area contributed by atoms with E-state index in [9.17, 15) is 17.6 Å². The molecule has 1 amide bonds. The lowest BCUT2D eigenvalue weighted by Crippen LogP contribution is -2.24. The number of benzene rings is 2. The zero-order valence-corrected chi connectivity index (χ0v) is 15.9. The fourth-order valence-electron chi connectivity index (χ4n) is 2.24. The molecule has 6 nitrogen and oxygen atoms in total. The highest BCUT2D eigenvalue weighted by Gasteiger charge is 2.20. The third-order valence-corrected chi connectivity index (χ3v) is 5.81. The van der Waals surface area contributed by atoms with Crippen molar-refractivity contribution in [3.63, 3.8) is 0 Å². The third-order valence-electron chi connectivity index (χ3n) is 3.86. The lowest BCUT2D eigenvalue weighted by Gasteiger charge is -2.15. The van der Waals surface area contributed by atoms with E-state index in [4.69, 9.17) is 0 Å². The average Bonchev–Trinajstić information content (AvgIpc) is 2.57. The largest absolute Gasteiger partial charge is 0.376 e. The van der Waals surface area contributed by atoms with Gasteiger partial charge in [0.25, 0.3) is 0 Å². The maximum atomic E-state index is 13.5. The smallest absolute Gasteiger partial charge is 0.243 e. The lowest BCUT2D eigenvalue weighted by molar-refractivity contribution is -0.114. The number of aryl methyl sites for hydroxylation is 2. The summed E-state index contributed by atoms with van der Waals surface area (Å²) in [6, 6.07) is 9.31. The number of carbonyl (C=O) groups excluding carboxylic acids is 1. The van der Waals surface area contributed by atoms with Crippen LogP contribution in [0.1, 0.15) is 11.1 Å². The number of sulfonamides is 1. The Morgan fingerprint density at radius 2 is 1.65 bits per heavy atom. The zero-order chi connectivity index (χ0) is 19.5. The van der Waals surface area contributed by atoms with Gasteiger partial charge in [-0.15, -0.1) is 0 Å². The van der Waals surface area contributed by atoms with Gasteiger partial charge in [-0.3, -0.25) is 4.79 Å². The van der Waals surface area contributed by atoms with Crippen molar-refractivity contribution in [1.82, 2.24) is 4.31 Å². The van der Waals surface area contributed by atoms with Gasteiger partial charge in [0.2, 0.25) is 15.9 Å². The Bertz CT molecular complexity index is 927. The van der Waals surface area contributed by atoms with Gasteiger partial charge < -0.3 is 10.6 Å². The molecule has 0 unspecified atom stereocenters. The Hall–Kier alpha value is -2.45. The summed E-state index contributed by atoms with van der Waals surface area (Å²) in [6.45, 7) is 3.26. The van der Waals surface area contributed by atoms with Crippen molar-refractivity contribution in [2.75, 3.05) is 31.3 Å². The highest BCUT2D eigenvalue weighted by atomic mass is 32.2. The van der Waals surface area contributed by atoms with E-state index in [0.717, 1.165) is 4.31 Å². The Kier molecular flexibility index (Phi) is 5.99.